The predicted molar refractivity (Wildman–Crippen MR) is 36.1 cm³/mol. The summed E-state index contributed by atoms with van der Waals surface area (Å²) in [6.45, 7) is 1.84. The standard InChI is InChI=1S/C5H10O2S/c1-5-3-2-4-8(5,6)7/h2,4-7H,3H2,1H3. The smallest absolute Gasteiger partial charge is 0.0535 e. The van der Waals surface area contributed by atoms with Crippen LogP contribution in [0.25, 0.3) is 0 Å². The summed E-state index contributed by atoms with van der Waals surface area (Å²) in [5.41, 5.74) is 0. The van der Waals surface area contributed by atoms with Crippen molar-refractivity contribution >= 4 is 10.6 Å². The monoisotopic (exact) mass is 134 g/mol. The third kappa shape index (κ3) is 0.891. The van der Waals surface area contributed by atoms with Crippen LogP contribution in [0.5, 0.6) is 0 Å². The lowest BCUT2D eigenvalue weighted by Crippen LogP contribution is -2.04. The van der Waals surface area contributed by atoms with Gasteiger partial charge >= 0.3 is 0 Å². The Labute approximate surface area is 50.6 Å². The van der Waals surface area contributed by atoms with Crippen molar-refractivity contribution in [3.05, 3.63) is 11.5 Å². The molecule has 1 rings (SSSR count). The van der Waals surface area contributed by atoms with Gasteiger partial charge in [0.1, 0.15) is 0 Å². The van der Waals surface area contributed by atoms with Gasteiger partial charge in [-0.05, 0) is 13.3 Å². The van der Waals surface area contributed by atoms with Crippen molar-refractivity contribution < 1.29 is 9.11 Å². The van der Waals surface area contributed by atoms with Crippen LogP contribution in [0.15, 0.2) is 11.5 Å². The molecule has 0 spiro atoms. The van der Waals surface area contributed by atoms with Gasteiger partial charge in [-0.3, -0.25) is 9.11 Å². The van der Waals surface area contributed by atoms with Gasteiger partial charge in [0.25, 0.3) is 0 Å². The van der Waals surface area contributed by atoms with Gasteiger partial charge in [-0.2, -0.15) is 10.6 Å². The number of hydrogen-bond donors (Lipinski definition) is 2. The summed E-state index contributed by atoms with van der Waals surface area (Å²) >= 11 is 0. The van der Waals surface area contributed by atoms with E-state index in [1.165, 1.54) is 5.41 Å². The second kappa shape index (κ2) is 1.76. The SMILES string of the molecule is CC1CC=CS1(O)O. The highest BCUT2D eigenvalue weighted by molar-refractivity contribution is 8.27. The molecule has 0 aromatic heterocycles. The molecule has 1 unspecified atom stereocenters. The maximum Gasteiger partial charge on any atom is 0.0535 e. The molecule has 0 saturated heterocycles. The van der Waals surface area contributed by atoms with E-state index in [4.69, 9.17) is 9.11 Å². The zero-order chi connectivity index (χ0) is 6.20. The highest BCUT2D eigenvalue weighted by Crippen LogP contribution is 2.51. The summed E-state index contributed by atoms with van der Waals surface area (Å²) in [7, 11) is -2.31. The average molecular weight is 134 g/mol. The minimum atomic E-state index is -2.31. The molecule has 1 aliphatic heterocycles. The second-order valence-corrected chi connectivity index (χ2v) is 4.41. The molecule has 0 radical (unpaired) electrons. The van der Waals surface area contributed by atoms with E-state index in [9.17, 15) is 0 Å². The normalized spacial score (nSPS) is 37.6. The first-order valence-electron chi connectivity index (χ1n) is 2.56. The van der Waals surface area contributed by atoms with Gasteiger partial charge in [-0.25, -0.2) is 0 Å². The maximum atomic E-state index is 9.02. The summed E-state index contributed by atoms with van der Waals surface area (Å²) in [4.78, 5) is 0. The van der Waals surface area contributed by atoms with Gasteiger partial charge in [0.15, 0.2) is 0 Å². The predicted octanol–water partition coefficient (Wildman–Crippen LogP) is 2.04. The molecule has 0 amide bonds. The summed E-state index contributed by atoms with van der Waals surface area (Å²) in [6, 6.07) is 0. The van der Waals surface area contributed by atoms with Crippen LogP contribution in [-0.4, -0.2) is 14.4 Å². The molecule has 0 fully saturated rings. The molecule has 2 nitrogen and oxygen atoms in total. The topological polar surface area (TPSA) is 40.5 Å². The van der Waals surface area contributed by atoms with E-state index >= 15 is 0 Å². The zero-order valence-electron chi connectivity index (χ0n) is 4.74. The van der Waals surface area contributed by atoms with Gasteiger partial charge in [0, 0.05) is 5.41 Å². The van der Waals surface area contributed by atoms with Crippen LogP contribution < -0.4 is 0 Å². The average Bonchev–Trinajstić information content (AvgIpc) is 1.86. The zero-order valence-corrected chi connectivity index (χ0v) is 5.56. The van der Waals surface area contributed by atoms with Gasteiger partial charge in [0.05, 0.1) is 5.25 Å². The summed E-state index contributed by atoms with van der Waals surface area (Å²) in [5.74, 6) is 0. The first kappa shape index (κ1) is 6.13. The molecule has 8 heavy (non-hydrogen) atoms. The molecule has 0 aliphatic carbocycles. The molecule has 48 valence electrons. The highest BCUT2D eigenvalue weighted by atomic mass is 32.3. The Morgan fingerprint density at radius 2 is 2.25 bits per heavy atom. The third-order valence-electron chi connectivity index (χ3n) is 1.36. The van der Waals surface area contributed by atoms with Crippen molar-refractivity contribution in [3.63, 3.8) is 0 Å². The van der Waals surface area contributed by atoms with Crippen molar-refractivity contribution in [1.82, 2.24) is 0 Å². The lowest BCUT2D eigenvalue weighted by atomic mass is 10.3. The molecule has 1 atom stereocenters. The molecule has 2 N–H and O–H groups in total. The quantitative estimate of drug-likeness (QED) is 0.532. The van der Waals surface area contributed by atoms with Gasteiger partial charge in [-0.15, -0.1) is 0 Å². The molecule has 1 aliphatic rings. The van der Waals surface area contributed by atoms with E-state index in [0.29, 0.717) is 0 Å². The lowest BCUT2D eigenvalue weighted by Gasteiger charge is -2.29. The first-order valence-corrected chi connectivity index (χ1v) is 4.24. The van der Waals surface area contributed by atoms with E-state index in [2.05, 4.69) is 0 Å². The maximum absolute atomic E-state index is 9.02. The third-order valence-corrected chi connectivity index (χ3v) is 3.33. The Morgan fingerprint density at radius 3 is 2.38 bits per heavy atom. The lowest BCUT2D eigenvalue weighted by molar-refractivity contribution is 0.489. The summed E-state index contributed by atoms with van der Waals surface area (Å²) in [6.07, 6.45) is 2.63. The van der Waals surface area contributed by atoms with Crippen LogP contribution in [0.2, 0.25) is 0 Å². The molecular formula is C5H10O2S. The minimum Gasteiger partial charge on any atom is -0.295 e. The Morgan fingerprint density at radius 1 is 1.62 bits per heavy atom. The van der Waals surface area contributed by atoms with Crippen LogP contribution in [0.1, 0.15) is 13.3 Å². The van der Waals surface area contributed by atoms with Crippen molar-refractivity contribution in [2.24, 2.45) is 0 Å². The number of allylic oxidation sites excluding steroid dienone is 1. The van der Waals surface area contributed by atoms with Crippen molar-refractivity contribution in [1.29, 1.82) is 0 Å². The van der Waals surface area contributed by atoms with Crippen molar-refractivity contribution in [3.8, 4) is 0 Å². The number of rotatable bonds is 0. The van der Waals surface area contributed by atoms with Crippen molar-refractivity contribution in [2.45, 2.75) is 18.6 Å². The van der Waals surface area contributed by atoms with E-state index in [-0.39, 0.29) is 5.25 Å². The Kier molecular flexibility index (Phi) is 1.35. The number of hydrogen-bond acceptors (Lipinski definition) is 2. The van der Waals surface area contributed by atoms with Crippen LogP contribution in [0.3, 0.4) is 0 Å². The molecule has 0 aromatic carbocycles. The molecular weight excluding hydrogens is 124 g/mol. The second-order valence-electron chi connectivity index (χ2n) is 2.06. The largest absolute Gasteiger partial charge is 0.295 e. The van der Waals surface area contributed by atoms with Crippen LogP contribution in [0.4, 0.5) is 0 Å². The van der Waals surface area contributed by atoms with E-state index in [1.54, 1.807) is 0 Å². The Bertz CT molecular complexity index is 120. The highest BCUT2D eigenvalue weighted by Gasteiger charge is 2.21. The fraction of sp³-hybridized carbons (Fsp3) is 0.600. The van der Waals surface area contributed by atoms with Gasteiger partial charge in [0.2, 0.25) is 0 Å². The molecule has 0 aromatic rings. The van der Waals surface area contributed by atoms with Crippen LogP contribution in [-0.2, 0) is 0 Å². The summed E-state index contributed by atoms with van der Waals surface area (Å²) in [5, 5.41) is 1.56. The van der Waals surface area contributed by atoms with Crippen LogP contribution in [0, 0.1) is 0 Å². The fourth-order valence-electron chi connectivity index (χ4n) is 0.665. The van der Waals surface area contributed by atoms with E-state index in [1.807, 2.05) is 13.0 Å². The van der Waals surface area contributed by atoms with Gasteiger partial charge in [-0.1, -0.05) is 6.08 Å². The molecule has 0 saturated carbocycles. The van der Waals surface area contributed by atoms with Gasteiger partial charge < -0.3 is 0 Å². The molecule has 0 bridgehead atoms. The fourth-order valence-corrected chi connectivity index (χ4v) is 1.72. The van der Waals surface area contributed by atoms with Crippen LogP contribution >= 0.6 is 10.6 Å². The minimum absolute atomic E-state index is 0.0440. The van der Waals surface area contributed by atoms with Crippen molar-refractivity contribution in [2.75, 3.05) is 0 Å². The molecule has 1 heterocycles. The first-order chi connectivity index (χ1) is 3.63. The molecule has 3 heteroatoms. The Balaban J connectivity index is 2.67. The van der Waals surface area contributed by atoms with E-state index < -0.39 is 10.6 Å². The summed E-state index contributed by atoms with van der Waals surface area (Å²) < 4.78 is 18.0. The Hall–Kier alpha value is 0.01000. The van der Waals surface area contributed by atoms with E-state index in [0.717, 1.165) is 6.42 Å².